The number of benzene rings is 1. The van der Waals surface area contributed by atoms with Crippen LogP contribution in [0.2, 0.25) is 0 Å². The molecule has 1 aliphatic rings. The number of allylic oxidation sites excluding steroid dienone is 1. The summed E-state index contributed by atoms with van der Waals surface area (Å²) in [6.07, 6.45) is 3.79. The largest absolute Gasteiger partial charge is 0.442 e. The fourth-order valence-corrected chi connectivity index (χ4v) is 2.72. The zero-order valence-corrected chi connectivity index (χ0v) is 14.7. The summed E-state index contributed by atoms with van der Waals surface area (Å²) in [7, 11) is 0. The Morgan fingerprint density at radius 1 is 1.46 bits per heavy atom. The molecule has 1 atom stereocenters. The first kappa shape index (κ1) is 19.0. The number of nitrogens with one attached hydrogen (secondary N) is 1. The molecule has 0 unspecified atom stereocenters. The number of nitrogens with zero attached hydrogens (tertiary/aromatic N) is 4. The molecule has 2 heterocycles. The Kier molecular flexibility index (Phi) is 5.35. The number of amides is 2. The molecule has 0 saturated carbocycles. The molecule has 1 saturated heterocycles. The van der Waals surface area contributed by atoms with Crippen LogP contribution in [0.1, 0.15) is 12.6 Å². The molecule has 1 fully saturated rings. The van der Waals surface area contributed by atoms with Gasteiger partial charge in [-0.15, -0.1) is 0 Å². The lowest BCUT2D eigenvalue weighted by Crippen LogP contribution is -2.33. The lowest BCUT2D eigenvalue weighted by atomic mass is 10.2. The van der Waals surface area contributed by atoms with Gasteiger partial charge in [-0.05, 0) is 6.08 Å². The van der Waals surface area contributed by atoms with Crippen LogP contribution in [0, 0.1) is 23.0 Å². The van der Waals surface area contributed by atoms with Crippen molar-refractivity contribution in [3.05, 3.63) is 48.1 Å². The first-order valence-corrected chi connectivity index (χ1v) is 8.21. The summed E-state index contributed by atoms with van der Waals surface area (Å²) in [5.74, 6) is -2.08. The summed E-state index contributed by atoms with van der Waals surface area (Å²) < 4.78 is 35.4. The van der Waals surface area contributed by atoms with Crippen LogP contribution in [-0.4, -0.2) is 40.7 Å². The van der Waals surface area contributed by atoms with Gasteiger partial charge in [0, 0.05) is 31.3 Å². The van der Waals surface area contributed by atoms with Crippen molar-refractivity contribution in [3.8, 4) is 11.8 Å². The first-order valence-electron chi connectivity index (χ1n) is 8.21. The Morgan fingerprint density at radius 2 is 2.18 bits per heavy atom. The number of rotatable bonds is 5. The van der Waals surface area contributed by atoms with Gasteiger partial charge in [-0.3, -0.25) is 9.69 Å². The Balaban J connectivity index is 1.83. The van der Waals surface area contributed by atoms with Crippen molar-refractivity contribution in [3.63, 3.8) is 0 Å². The van der Waals surface area contributed by atoms with E-state index in [1.807, 2.05) is 0 Å². The maximum absolute atomic E-state index is 14.6. The molecule has 8 nitrogen and oxygen atoms in total. The lowest BCUT2D eigenvalue weighted by Gasteiger charge is -2.15. The molecule has 28 heavy (non-hydrogen) atoms. The summed E-state index contributed by atoms with van der Waals surface area (Å²) >= 11 is 0. The molecular weight excluding hydrogens is 372 g/mol. The smallest absolute Gasteiger partial charge is 0.414 e. The highest BCUT2D eigenvalue weighted by Gasteiger charge is 2.33. The van der Waals surface area contributed by atoms with E-state index in [-0.39, 0.29) is 30.4 Å². The molecule has 10 heteroatoms. The average Bonchev–Trinajstić information content (AvgIpc) is 3.24. The minimum atomic E-state index is -0.902. The molecule has 144 valence electrons. The van der Waals surface area contributed by atoms with Crippen LogP contribution in [-0.2, 0) is 9.53 Å². The summed E-state index contributed by atoms with van der Waals surface area (Å²) in [6.45, 7) is 1.48. The predicted molar refractivity (Wildman–Crippen MR) is 94.4 cm³/mol. The Morgan fingerprint density at radius 3 is 2.82 bits per heavy atom. The fraction of sp³-hybridized carbons (Fsp3) is 0.222. The van der Waals surface area contributed by atoms with Gasteiger partial charge in [-0.1, -0.05) is 0 Å². The molecule has 1 aliphatic heterocycles. The molecule has 1 aromatic heterocycles. The number of cyclic esters (lactones) is 1. The number of aromatic nitrogens is 2. The van der Waals surface area contributed by atoms with E-state index in [1.165, 1.54) is 31.6 Å². The Bertz CT molecular complexity index is 972. The van der Waals surface area contributed by atoms with Crippen LogP contribution in [0.15, 0.2) is 30.7 Å². The third-order valence-electron chi connectivity index (χ3n) is 3.96. The van der Waals surface area contributed by atoms with Gasteiger partial charge in [0.15, 0.2) is 11.6 Å². The van der Waals surface area contributed by atoms with Gasteiger partial charge in [0.2, 0.25) is 5.91 Å². The van der Waals surface area contributed by atoms with Crippen LogP contribution >= 0.6 is 0 Å². The van der Waals surface area contributed by atoms with Gasteiger partial charge >= 0.3 is 6.09 Å². The van der Waals surface area contributed by atoms with Gasteiger partial charge < -0.3 is 14.6 Å². The van der Waals surface area contributed by atoms with Gasteiger partial charge in [-0.2, -0.15) is 5.26 Å². The van der Waals surface area contributed by atoms with Crippen molar-refractivity contribution in [1.82, 2.24) is 14.9 Å². The van der Waals surface area contributed by atoms with E-state index in [9.17, 15) is 18.4 Å². The second-order valence-corrected chi connectivity index (χ2v) is 5.98. The Labute approximate surface area is 158 Å². The first-order chi connectivity index (χ1) is 13.4. The van der Waals surface area contributed by atoms with Crippen LogP contribution in [0.4, 0.5) is 19.3 Å². The maximum atomic E-state index is 14.6. The highest BCUT2D eigenvalue weighted by Crippen LogP contribution is 2.28. The third kappa shape index (κ3) is 3.98. The zero-order valence-electron chi connectivity index (χ0n) is 14.7. The van der Waals surface area contributed by atoms with E-state index in [0.29, 0.717) is 5.69 Å². The SMILES string of the molecule is CC(=O)NC[C@H]1CN(c2cc(F)c(-n3cnc(C=CC#N)c3)c(F)c2)C(=O)O1. The highest BCUT2D eigenvalue weighted by atomic mass is 19.1. The second kappa shape index (κ2) is 7.87. The van der Waals surface area contributed by atoms with E-state index in [4.69, 9.17) is 10.00 Å². The number of carbonyl (C=O) groups is 2. The van der Waals surface area contributed by atoms with Crippen molar-refractivity contribution < 1.29 is 23.1 Å². The predicted octanol–water partition coefficient (Wildman–Crippen LogP) is 2.15. The number of hydrogen-bond acceptors (Lipinski definition) is 5. The number of nitriles is 1. The molecule has 1 aromatic carbocycles. The number of anilines is 1. The number of imidazole rings is 1. The third-order valence-corrected chi connectivity index (χ3v) is 3.96. The van der Waals surface area contributed by atoms with Gasteiger partial charge in [0.25, 0.3) is 0 Å². The fourth-order valence-electron chi connectivity index (χ4n) is 2.72. The van der Waals surface area contributed by atoms with Crippen molar-refractivity contribution in [2.75, 3.05) is 18.0 Å². The quantitative estimate of drug-likeness (QED) is 0.793. The number of carbonyl (C=O) groups excluding carboxylic acids is 2. The average molecular weight is 387 g/mol. The molecule has 0 spiro atoms. The molecule has 0 bridgehead atoms. The summed E-state index contributed by atoms with van der Waals surface area (Å²) in [5, 5.41) is 11.0. The maximum Gasteiger partial charge on any atom is 0.414 e. The second-order valence-electron chi connectivity index (χ2n) is 5.98. The lowest BCUT2D eigenvalue weighted by molar-refractivity contribution is -0.119. The zero-order chi connectivity index (χ0) is 20.3. The highest BCUT2D eigenvalue weighted by molar-refractivity contribution is 5.90. The van der Waals surface area contributed by atoms with Gasteiger partial charge in [0.1, 0.15) is 18.1 Å². The summed E-state index contributed by atoms with van der Waals surface area (Å²) in [4.78, 5) is 28.0. The van der Waals surface area contributed by atoms with Crippen molar-refractivity contribution >= 4 is 23.8 Å². The number of halogens is 2. The van der Waals surface area contributed by atoms with E-state index >= 15 is 0 Å². The molecule has 0 aliphatic carbocycles. The summed E-state index contributed by atoms with van der Waals surface area (Å²) in [5.41, 5.74) is -0.0117. The normalized spacial score (nSPS) is 16.3. The van der Waals surface area contributed by atoms with Crippen LogP contribution in [0.5, 0.6) is 0 Å². The minimum absolute atomic E-state index is 0.00112. The van der Waals surface area contributed by atoms with E-state index in [1.54, 1.807) is 6.07 Å². The van der Waals surface area contributed by atoms with Crippen LogP contribution in [0.3, 0.4) is 0 Å². The topological polar surface area (TPSA) is 100 Å². The number of hydrogen-bond donors (Lipinski definition) is 1. The molecule has 1 N–H and O–H groups in total. The molecule has 2 amide bonds. The van der Waals surface area contributed by atoms with Gasteiger partial charge in [0.05, 0.1) is 30.5 Å². The van der Waals surface area contributed by atoms with Crippen molar-refractivity contribution in [2.24, 2.45) is 0 Å². The monoisotopic (exact) mass is 387 g/mol. The van der Waals surface area contributed by atoms with E-state index < -0.39 is 23.8 Å². The minimum Gasteiger partial charge on any atom is -0.442 e. The molecule has 0 radical (unpaired) electrons. The molecular formula is C18H15F2N5O3. The Hall–Kier alpha value is -3.74. The molecule has 2 aromatic rings. The van der Waals surface area contributed by atoms with Crippen molar-refractivity contribution in [1.29, 1.82) is 5.26 Å². The van der Waals surface area contributed by atoms with Crippen LogP contribution < -0.4 is 10.2 Å². The molecule has 3 rings (SSSR count). The number of ether oxygens (including phenoxy) is 1. The van der Waals surface area contributed by atoms with E-state index in [2.05, 4.69) is 10.3 Å². The van der Waals surface area contributed by atoms with Crippen LogP contribution in [0.25, 0.3) is 11.8 Å². The van der Waals surface area contributed by atoms with E-state index in [0.717, 1.165) is 21.6 Å². The van der Waals surface area contributed by atoms with Gasteiger partial charge in [-0.25, -0.2) is 18.6 Å². The standard InChI is InChI=1S/C18H15F2N5O3/c1-11(26)22-7-14-9-25(18(27)28-14)13-5-15(19)17(16(20)6-13)24-8-12(23-10-24)3-2-4-21/h2-3,5-6,8,10,14H,7,9H2,1H3,(H,22,26)/t14-/m0/s1. The van der Waals surface area contributed by atoms with Crippen molar-refractivity contribution in [2.45, 2.75) is 13.0 Å². The summed E-state index contributed by atoms with van der Waals surface area (Å²) in [6, 6.07) is 3.84.